The molecule has 0 aromatic heterocycles. The smallest absolute Gasteiger partial charge is 0.240 e. The highest BCUT2D eigenvalue weighted by molar-refractivity contribution is 7.45. The van der Waals surface area contributed by atoms with Crippen molar-refractivity contribution in [3.05, 3.63) is 23.8 Å². The van der Waals surface area contributed by atoms with Crippen LogP contribution in [0.3, 0.4) is 0 Å². The summed E-state index contributed by atoms with van der Waals surface area (Å²) in [6, 6.07) is 6.03. The second kappa shape index (κ2) is 15.6. The largest absolute Gasteiger partial charge is 0.490 e. The van der Waals surface area contributed by atoms with Crippen LogP contribution in [0.15, 0.2) is 18.2 Å². The van der Waals surface area contributed by atoms with E-state index >= 15 is 0 Å². The molecule has 1 aromatic carbocycles. The Morgan fingerprint density at radius 3 is 2.45 bits per heavy atom. The fourth-order valence-corrected chi connectivity index (χ4v) is 3.91. The molecule has 7 heteroatoms. The van der Waals surface area contributed by atoms with Crippen LogP contribution in [0, 0.1) is 5.92 Å². The van der Waals surface area contributed by atoms with Crippen LogP contribution in [0.25, 0.3) is 0 Å². The predicted molar refractivity (Wildman–Crippen MR) is 131 cm³/mol. The third-order valence-electron chi connectivity index (χ3n) is 4.87. The normalized spacial score (nSPS) is 15.7. The summed E-state index contributed by atoms with van der Waals surface area (Å²) in [7, 11) is -1.90. The van der Waals surface area contributed by atoms with Gasteiger partial charge in [0.2, 0.25) is 5.91 Å². The minimum Gasteiger partial charge on any atom is -0.490 e. The minimum absolute atomic E-state index is 0.0138. The Bertz CT molecular complexity index is 631. The lowest BCUT2D eigenvalue weighted by Crippen LogP contribution is -2.37. The molecule has 31 heavy (non-hydrogen) atoms. The molecule has 178 valence electrons. The van der Waals surface area contributed by atoms with Crippen LogP contribution in [0.5, 0.6) is 5.75 Å². The molecule has 0 atom stereocenters. The molecule has 0 spiro atoms. The molecular formula is C24H43N2O4P. The van der Waals surface area contributed by atoms with Crippen molar-refractivity contribution < 1.29 is 19.3 Å². The van der Waals surface area contributed by atoms with Gasteiger partial charge in [-0.3, -0.25) is 4.79 Å². The van der Waals surface area contributed by atoms with Gasteiger partial charge < -0.3 is 24.7 Å². The Morgan fingerprint density at radius 1 is 1.19 bits per heavy atom. The average Bonchev–Trinajstić information content (AvgIpc) is 3.16. The van der Waals surface area contributed by atoms with Gasteiger partial charge in [-0.25, -0.2) is 0 Å². The zero-order valence-corrected chi connectivity index (χ0v) is 21.0. The average molecular weight is 455 g/mol. The zero-order chi connectivity index (χ0) is 23.2. The van der Waals surface area contributed by atoms with Crippen LogP contribution in [0.4, 0.5) is 5.69 Å². The first kappa shape index (κ1) is 27.8. The van der Waals surface area contributed by atoms with Gasteiger partial charge in [-0.2, -0.15) is 0 Å². The number of carbonyl (C=O) groups is 1. The number of benzene rings is 1. The highest BCUT2D eigenvalue weighted by atomic mass is 31.2. The summed E-state index contributed by atoms with van der Waals surface area (Å²) in [4.78, 5) is 31.9. The highest BCUT2D eigenvalue weighted by Gasteiger charge is 2.25. The van der Waals surface area contributed by atoms with Crippen molar-refractivity contribution in [3.63, 3.8) is 0 Å². The van der Waals surface area contributed by atoms with Gasteiger partial charge in [0.15, 0.2) is 8.38 Å². The van der Waals surface area contributed by atoms with Crippen molar-refractivity contribution in [2.24, 2.45) is 5.92 Å². The predicted octanol–water partition coefficient (Wildman–Crippen LogP) is 4.86. The van der Waals surface area contributed by atoms with Crippen LogP contribution in [-0.4, -0.2) is 47.6 Å². The van der Waals surface area contributed by atoms with Crippen LogP contribution < -0.4 is 15.0 Å². The molecule has 1 heterocycles. The topological polar surface area (TPSA) is 82.0 Å². The molecule has 0 saturated heterocycles. The Morgan fingerprint density at radius 2 is 1.84 bits per heavy atom. The Hall–Kier alpha value is -1.20. The first-order valence-corrected chi connectivity index (χ1v) is 13.3. The van der Waals surface area contributed by atoms with E-state index in [4.69, 9.17) is 14.5 Å². The van der Waals surface area contributed by atoms with Crippen LogP contribution in [-0.2, 0) is 11.2 Å². The second-order valence-corrected chi connectivity index (χ2v) is 9.66. The van der Waals surface area contributed by atoms with Gasteiger partial charge in [0.25, 0.3) is 0 Å². The van der Waals surface area contributed by atoms with Crippen molar-refractivity contribution in [2.75, 3.05) is 30.7 Å². The number of nitrogens with zero attached hydrogens (tertiary/aromatic N) is 1. The highest BCUT2D eigenvalue weighted by Crippen LogP contribution is 2.33. The van der Waals surface area contributed by atoms with Crippen molar-refractivity contribution in [1.82, 2.24) is 5.32 Å². The second-order valence-electron chi connectivity index (χ2n) is 8.47. The number of carbonyl (C=O) groups excluding carboxylic acids is 1. The fourth-order valence-electron chi connectivity index (χ4n) is 3.56. The number of ether oxygens (including phenoxy) is 1. The molecule has 1 saturated carbocycles. The first-order chi connectivity index (χ1) is 14.9. The summed E-state index contributed by atoms with van der Waals surface area (Å²) in [5, 5.41) is 2.97. The Kier molecular flexibility index (Phi) is 14.0. The lowest BCUT2D eigenvalue weighted by Gasteiger charge is -2.23. The molecule has 2 aliphatic rings. The number of rotatable bonds is 7. The van der Waals surface area contributed by atoms with E-state index in [1.165, 1.54) is 19.3 Å². The van der Waals surface area contributed by atoms with Crippen molar-refractivity contribution in [1.29, 1.82) is 0 Å². The molecule has 0 radical (unpaired) electrons. The molecule has 3 N–H and O–H groups in total. The molecule has 1 amide bonds. The molecule has 1 aliphatic carbocycles. The Balaban J connectivity index is 0.000000720. The molecule has 0 bridgehead atoms. The van der Waals surface area contributed by atoms with Gasteiger partial charge in [-0.05, 0) is 61.8 Å². The van der Waals surface area contributed by atoms with E-state index in [9.17, 15) is 4.79 Å². The summed E-state index contributed by atoms with van der Waals surface area (Å²) < 4.78 is 6.12. The number of fused-ring (bicyclic) bond motifs is 1. The Labute approximate surface area is 190 Å². The van der Waals surface area contributed by atoms with E-state index < -0.39 is 8.38 Å². The van der Waals surface area contributed by atoms with Gasteiger partial charge in [-0.1, -0.05) is 41.0 Å². The standard InChI is InChI=1S/C18H27N2O4P.C4H10.C2H6/c21-18(13-19-9-11-25(22)23)20-10-8-14-12-16(6-7-17(14)20)24-15-4-2-1-3-5-15;1-4(2)3;1-2/h6-7,12,15,19,22-23H,1-5,8-11,13H2;4H,1-3H3;1-2H3. The van der Waals surface area contributed by atoms with Crippen molar-refractivity contribution in [2.45, 2.75) is 79.2 Å². The quantitative estimate of drug-likeness (QED) is 0.405. The van der Waals surface area contributed by atoms with E-state index in [-0.39, 0.29) is 18.6 Å². The number of anilines is 1. The maximum Gasteiger partial charge on any atom is 0.240 e. The van der Waals surface area contributed by atoms with Gasteiger partial charge in [0.1, 0.15) is 5.75 Å². The number of hydrogen-bond donors (Lipinski definition) is 3. The third kappa shape index (κ3) is 10.8. The molecule has 1 fully saturated rings. The van der Waals surface area contributed by atoms with Crippen LogP contribution in [0.2, 0.25) is 0 Å². The summed E-state index contributed by atoms with van der Waals surface area (Å²) >= 11 is 0. The molecular weight excluding hydrogens is 411 g/mol. The molecule has 3 rings (SSSR count). The van der Waals surface area contributed by atoms with E-state index in [2.05, 4.69) is 32.2 Å². The molecule has 1 aromatic rings. The monoisotopic (exact) mass is 454 g/mol. The van der Waals surface area contributed by atoms with Gasteiger partial charge in [-0.15, -0.1) is 0 Å². The van der Waals surface area contributed by atoms with E-state index in [0.717, 1.165) is 42.2 Å². The summed E-state index contributed by atoms with van der Waals surface area (Å²) in [5.74, 6) is 1.76. The van der Waals surface area contributed by atoms with E-state index in [1.807, 2.05) is 26.0 Å². The third-order valence-corrected chi connectivity index (χ3v) is 5.49. The summed E-state index contributed by atoms with van der Waals surface area (Å²) in [5.41, 5.74) is 2.13. The molecule has 6 nitrogen and oxygen atoms in total. The number of amides is 1. The SMILES string of the molecule is CC.CC(C)C.O=C(CNCCP(O)O)N1CCc2cc(OC3CCCCC3)ccc21. The maximum absolute atomic E-state index is 12.4. The van der Waals surface area contributed by atoms with Gasteiger partial charge in [0, 0.05) is 24.9 Å². The minimum atomic E-state index is -1.90. The summed E-state index contributed by atoms with van der Waals surface area (Å²) in [6.07, 6.45) is 7.54. The number of nitrogens with one attached hydrogen (secondary N) is 1. The van der Waals surface area contributed by atoms with Crippen molar-refractivity contribution >= 4 is 20.0 Å². The lowest BCUT2D eigenvalue weighted by atomic mass is 9.98. The summed E-state index contributed by atoms with van der Waals surface area (Å²) in [6.45, 7) is 11.8. The van der Waals surface area contributed by atoms with E-state index in [0.29, 0.717) is 19.2 Å². The van der Waals surface area contributed by atoms with Crippen LogP contribution >= 0.6 is 8.38 Å². The molecule has 0 unspecified atom stereocenters. The lowest BCUT2D eigenvalue weighted by molar-refractivity contribution is -0.117. The first-order valence-electron chi connectivity index (χ1n) is 11.8. The van der Waals surface area contributed by atoms with Crippen molar-refractivity contribution in [3.8, 4) is 5.75 Å². The van der Waals surface area contributed by atoms with E-state index in [1.54, 1.807) is 4.90 Å². The zero-order valence-electron chi connectivity index (χ0n) is 20.1. The van der Waals surface area contributed by atoms with Gasteiger partial charge in [0.05, 0.1) is 12.6 Å². The van der Waals surface area contributed by atoms with Gasteiger partial charge >= 0.3 is 0 Å². The maximum atomic E-state index is 12.4. The molecule has 1 aliphatic heterocycles. The van der Waals surface area contributed by atoms with Crippen LogP contribution in [0.1, 0.15) is 72.3 Å². The fraction of sp³-hybridized carbons (Fsp3) is 0.708. The number of hydrogen-bond acceptors (Lipinski definition) is 5.